The van der Waals surface area contributed by atoms with E-state index in [-0.39, 0.29) is 22.1 Å². The van der Waals surface area contributed by atoms with Crippen molar-refractivity contribution in [3.8, 4) is 11.5 Å². The zero-order valence-electron chi connectivity index (χ0n) is 38.4. The lowest BCUT2D eigenvalue weighted by atomic mass is 9.69. The van der Waals surface area contributed by atoms with Crippen LogP contribution in [-0.2, 0) is 30.0 Å². The largest absolute Gasteiger partial charge is 0.497 e. The second-order valence-corrected chi connectivity index (χ2v) is 23.7. The van der Waals surface area contributed by atoms with Gasteiger partial charge in [-0.2, -0.15) is 0 Å². The van der Waals surface area contributed by atoms with Crippen LogP contribution in [0.4, 0.5) is 8.78 Å². The predicted octanol–water partition coefficient (Wildman–Crippen LogP) is 15.0. The number of fused-ring (bicyclic) bond motifs is 2. The van der Waals surface area contributed by atoms with E-state index in [1.54, 1.807) is 14.2 Å². The maximum absolute atomic E-state index is 15.2. The smallest absolute Gasteiger partial charge is 0.479 e. The van der Waals surface area contributed by atoms with E-state index in [1.807, 2.05) is 64.1 Å². The third-order valence-electron chi connectivity index (χ3n) is 14.5. The summed E-state index contributed by atoms with van der Waals surface area (Å²) in [4.78, 5) is 0. The molecular formula is C51H61BBrCl2F2IO6. The summed E-state index contributed by atoms with van der Waals surface area (Å²) in [7, 11) is 2.53. The van der Waals surface area contributed by atoms with Crippen molar-refractivity contribution in [3.63, 3.8) is 0 Å². The number of methoxy groups -OCH3 is 2. The molecule has 6 nitrogen and oxygen atoms in total. The van der Waals surface area contributed by atoms with Gasteiger partial charge in [0.05, 0.1) is 21.2 Å². The first-order chi connectivity index (χ1) is 30.3. The van der Waals surface area contributed by atoms with E-state index < -0.39 is 47.3 Å². The van der Waals surface area contributed by atoms with Gasteiger partial charge in [-0.25, -0.2) is 8.78 Å². The number of benzene rings is 4. The molecule has 0 amide bonds. The lowest BCUT2D eigenvalue weighted by Gasteiger charge is -2.39. The molecule has 64 heavy (non-hydrogen) atoms. The highest BCUT2D eigenvalue weighted by Gasteiger charge is 2.61. The molecule has 0 N–H and O–H groups in total. The number of halogens is 6. The average molecular weight is 1100 g/mol. The molecule has 2 aliphatic carbocycles. The summed E-state index contributed by atoms with van der Waals surface area (Å²) in [6.07, 6.45) is 9.21. The summed E-state index contributed by atoms with van der Waals surface area (Å²) in [6.45, 7) is 14.5. The van der Waals surface area contributed by atoms with Crippen molar-refractivity contribution in [2.45, 2.75) is 144 Å². The van der Waals surface area contributed by atoms with Crippen LogP contribution in [0.15, 0.2) is 77.3 Å². The monoisotopic (exact) mass is 1090 g/mol. The van der Waals surface area contributed by atoms with Gasteiger partial charge >= 0.3 is 7.12 Å². The minimum absolute atomic E-state index is 0.00631. The highest BCUT2D eigenvalue weighted by molar-refractivity contribution is 14.1. The van der Waals surface area contributed by atoms with Gasteiger partial charge < -0.3 is 28.3 Å². The van der Waals surface area contributed by atoms with E-state index in [9.17, 15) is 4.39 Å². The summed E-state index contributed by atoms with van der Waals surface area (Å²) < 4.78 is 68.5. The van der Waals surface area contributed by atoms with Crippen molar-refractivity contribution in [2.75, 3.05) is 14.2 Å². The van der Waals surface area contributed by atoms with E-state index in [0.29, 0.717) is 30.8 Å². The standard InChI is InChI=1S/C26H31BClFO4.C20H19BrClFO2.C5H11I/c1-24(2)25(3,4)33-27(32-24)21-20-19(15-18(29)22(21)28)31-26(23(20)30-5,17-13-9-10-14-17)16-11-7-6-8-12-16;1-24-19-16-15(11-14(23)18(22)17(16)21)25-20(19,13-9-5-6-10-13)12-7-3-2-4-8-12;1-4-5(2,3)6/h6-8,11-12,15,17,23H,9-10,13-14H2,1-5H3;2-4,7-8,11,13,19H,5-6,9-10H2,1H3;4H2,1-3H3/t23-,26-;19-,20-;/m00./s1. The molecule has 5 aliphatic rings. The molecule has 0 spiro atoms. The zero-order valence-corrected chi connectivity index (χ0v) is 43.7. The van der Waals surface area contributed by atoms with Crippen molar-refractivity contribution in [2.24, 2.45) is 11.8 Å². The first-order valence-corrected chi connectivity index (χ1v) is 25.2. The van der Waals surface area contributed by atoms with Crippen molar-refractivity contribution in [1.29, 1.82) is 0 Å². The van der Waals surface area contributed by atoms with Crippen molar-refractivity contribution in [1.82, 2.24) is 0 Å². The van der Waals surface area contributed by atoms with E-state index >= 15 is 4.39 Å². The molecule has 0 bridgehead atoms. The van der Waals surface area contributed by atoms with Gasteiger partial charge in [0.15, 0.2) is 11.2 Å². The van der Waals surface area contributed by atoms with Gasteiger partial charge in [-0.1, -0.05) is 153 Å². The van der Waals surface area contributed by atoms with Gasteiger partial charge in [0.2, 0.25) is 0 Å². The Kier molecular flexibility index (Phi) is 15.3. The molecule has 0 aromatic heterocycles. The zero-order chi connectivity index (χ0) is 46.4. The second-order valence-electron chi connectivity index (χ2n) is 19.3. The van der Waals surface area contributed by atoms with Gasteiger partial charge in [-0.15, -0.1) is 0 Å². The third kappa shape index (κ3) is 9.05. The Morgan fingerprint density at radius 2 is 1.08 bits per heavy atom. The lowest BCUT2D eigenvalue weighted by molar-refractivity contribution is -0.0939. The first-order valence-electron chi connectivity index (χ1n) is 22.6. The van der Waals surface area contributed by atoms with Crippen LogP contribution in [0.1, 0.15) is 141 Å². The van der Waals surface area contributed by atoms with Crippen LogP contribution in [0.3, 0.4) is 0 Å². The Labute approximate surface area is 411 Å². The highest BCUT2D eigenvalue weighted by Crippen LogP contribution is 2.61. The molecule has 13 heteroatoms. The number of alkyl halides is 1. The number of ether oxygens (including phenoxy) is 4. The maximum atomic E-state index is 15.2. The lowest BCUT2D eigenvalue weighted by Crippen LogP contribution is -2.45. The summed E-state index contributed by atoms with van der Waals surface area (Å²) in [6, 6.07) is 23.1. The first kappa shape index (κ1) is 49.9. The van der Waals surface area contributed by atoms with E-state index in [0.717, 1.165) is 60.8 Å². The number of hydrogen-bond donors (Lipinski definition) is 0. The fourth-order valence-electron chi connectivity index (χ4n) is 10.2. The van der Waals surface area contributed by atoms with Gasteiger partial charge in [0.1, 0.15) is 35.3 Å². The Balaban J connectivity index is 0.000000175. The van der Waals surface area contributed by atoms with Gasteiger partial charge in [-0.3, -0.25) is 0 Å². The van der Waals surface area contributed by atoms with Crippen LogP contribution < -0.4 is 14.9 Å². The molecule has 4 aromatic carbocycles. The molecule has 4 aromatic rings. The van der Waals surface area contributed by atoms with Crippen LogP contribution in [0.5, 0.6) is 11.5 Å². The fraction of sp³-hybridized carbons (Fsp3) is 0.529. The third-order valence-corrected chi connectivity index (χ3v) is 17.0. The molecule has 0 radical (unpaired) electrons. The maximum Gasteiger partial charge on any atom is 0.497 e. The molecule has 4 atom stereocenters. The topological polar surface area (TPSA) is 55.4 Å². The predicted molar refractivity (Wildman–Crippen MR) is 266 cm³/mol. The summed E-state index contributed by atoms with van der Waals surface area (Å²) >= 11 is 18.7. The quantitative estimate of drug-likeness (QED) is 0.0758. The van der Waals surface area contributed by atoms with Gasteiger partial charge in [0.25, 0.3) is 0 Å². The van der Waals surface area contributed by atoms with Crippen LogP contribution >= 0.6 is 61.7 Å². The molecule has 3 fully saturated rings. The average Bonchev–Trinajstić information content (AvgIpc) is 4.12. The normalized spacial score (nSPS) is 25.8. The molecule has 3 aliphatic heterocycles. The molecule has 1 saturated heterocycles. The Hall–Kier alpha value is -1.97. The van der Waals surface area contributed by atoms with Crippen LogP contribution in [0, 0.1) is 23.5 Å². The van der Waals surface area contributed by atoms with Gasteiger partial charge in [0, 0.05) is 62.7 Å². The van der Waals surface area contributed by atoms with E-state index in [2.05, 4.69) is 83.6 Å². The van der Waals surface area contributed by atoms with Gasteiger partial charge in [-0.05, 0) is 86.9 Å². The van der Waals surface area contributed by atoms with Crippen molar-refractivity contribution < 1.29 is 37.0 Å². The SMILES string of the molecule is CCC(C)(C)I.CO[C@H]1c2c(cc(F)c(Cl)c2B2OC(C)(C)C(C)(C)O2)O[C@@]1(c1ccccc1)C1CCCC1.CO[C@H]1c2c(cc(F)c(Cl)c2Br)O[C@@]1(c1ccccc1)C1CCCC1. The second kappa shape index (κ2) is 19.6. The molecular weight excluding hydrogens is 1040 g/mol. The summed E-state index contributed by atoms with van der Waals surface area (Å²) in [5.41, 5.74) is 1.45. The fourth-order valence-corrected chi connectivity index (χ4v) is 11.2. The molecule has 2 saturated carbocycles. The van der Waals surface area contributed by atoms with Crippen LogP contribution in [-0.4, -0.2) is 36.0 Å². The Morgan fingerprint density at radius 1 is 0.703 bits per heavy atom. The van der Waals surface area contributed by atoms with E-state index in [4.69, 9.17) is 51.5 Å². The highest BCUT2D eigenvalue weighted by atomic mass is 127. The van der Waals surface area contributed by atoms with Crippen LogP contribution in [0.25, 0.3) is 0 Å². The van der Waals surface area contributed by atoms with E-state index in [1.165, 1.54) is 31.4 Å². The minimum atomic E-state index is -0.830. The molecule has 9 rings (SSSR count). The van der Waals surface area contributed by atoms with Crippen molar-refractivity contribution >= 4 is 74.3 Å². The summed E-state index contributed by atoms with van der Waals surface area (Å²) in [5.74, 6) is 0.453. The van der Waals surface area contributed by atoms with Crippen LogP contribution in [0.2, 0.25) is 10.0 Å². The number of rotatable bonds is 8. The Morgan fingerprint density at radius 3 is 1.47 bits per heavy atom. The minimum Gasteiger partial charge on any atom is -0.479 e. The molecule has 0 unspecified atom stereocenters. The molecule has 346 valence electrons. The Bertz CT molecular complexity index is 2260. The molecule has 3 heterocycles. The summed E-state index contributed by atoms with van der Waals surface area (Å²) in [5, 5.41) is 0.0628. The van der Waals surface area contributed by atoms with Crippen molar-refractivity contribution in [3.05, 3.63) is 121 Å². The number of hydrogen-bond acceptors (Lipinski definition) is 6.